The van der Waals surface area contributed by atoms with Crippen LogP contribution in [0.1, 0.15) is 23.6 Å². The highest BCUT2D eigenvalue weighted by Gasteiger charge is 2.19. The number of rotatable bonds is 8. The van der Waals surface area contributed by atoms with E-state index in [1.807, 2.05) is 25.1 Å². The number of carbonyl (C=O) groups is 1. The molecule has 0 radical (unpaired) electrons. The van der Waals surface area contributed by atoms with Crippen LogP contribution in [0.25, 0.3) is 0 Å². The summed E-state index contributed by atoms with van der Waals surface area (Å²) in [6, 6.07) is 12.3. The molecule has 0 saturated heterocycles. The number of amides is 1. The van der Waals surface area contributed by atoms with E-state index in [9.17, 15) is 13.2 Å². The maximum Gasteiger partial charge on any atom is 0.241 e. The molecule has 8 heteroatoms. The van der Waals surface area contributed by atoms with Crippen LogP contribution in [0, 0.1) is 0 Å². The van der Waals surface area contributed by atoms with Crippen molar-refractivity contribution in [2.75, 3.05) is 18.4 Å². The Balaban J connectivity index is 1.62. The van der Waals surface area contributed by atoms with Gasteiger partial charge >= 0.3 is 0 Å². The molecule has 0 saturated carbocycles. The molecule has 0 unspecified atom stereocenters. The van der Waals surface area contributed by atoms with Gasteiger partial charge in [0.2, 0.25) is 15.9 Å². The topological polar surface area (TPSA) is 96.5 Å². The molecule has 3 rings (SSSR count). The second-order valence-corrected chi connectivity index (χ2v) is 8.00. The van der Waals surface area contributed by atoms with Crippen LogP contribution in [0.4, 0.5) is 5.69 Å². The summed E-state index contributed by atoms with van der Waals surface area (Å²) >= 11 is 0. The Morgan fingerprint density at radius 2 is 1.89 bits per heavy atom. The summed E-state index contributed by atoms with van der Waals surface area (Å²) < 4.78 is 32.6. The fourth-order valence-electron chi connectivity index (χ4n) is 2.81. The molecular formula is C19H23N3O4S. The second-order valence-electron chi connectivity index (χ2n) is 6.23. The van der Waals surface area contributed by atoms with Crippen LogP contribution in [0.2, 0.25) is 0 Å². The van der Waals surface area contributed by atoms with Gasteiger partial charge in [-0.05, 0) is 41.4 Å². The van der Waals surface area contributed by atoms with Crippen molar-refractivity contribution in [2.24, 2.45) is 0 Å². The van der Waals surface area contributed by atoms with E-state index in [4.69, 9.17) is 4.74 Å². The number of anilines is 1. The fraction of sp³-hybridized carbons (Fsp3) is 0.316. The van der Waals surface area contributed by atoms with Gasteiger partial charge in [0.1, 0.15) is 0 Å². The van der Waals surface area contributed by atoms with Gasteiger partial charge in [0.05, 0.1) is 24.7 Å². The first-order chi connectivity index (χ1) is 13.0. The minimum atomic E-state index is -3.77. The molecule has 0 fully saturated rings. The van der Waals surface area contributed by atoms with Crippen LogP contribution in [-0.4, -0.2) is 27.4 Å². The molecule has 2 aromatic carbocycles. The van der Waals surface area contributed by atoms with Crippen molar-refractivity contribution in [3.05, 3.63) is 59.2 Å². The highest BCUT2D eigenvalue weighted by molar-refractivity contribution is 7.89. The van der Waals surface area contributed by atoms with Gasteiger partial charge in [-0.15, -0.1) is 0 Å². The van der Waals surface area contributed by atoms with Gasteiger partial charge in [0, 0.05) is 12.2 Å². The monoisotopic (exact) mass is 389 g/mol. The molecule has 0 bridgehead atoms. The van der Waals surface area contributed by atoms with Gasteiger partial charge in [0.15, 0.2) is 0 Å². The lowest BCUT2D eigenvalue weighted by Crippen LogP contribution is -2.33. The van der Waals surface area contributed by atoms with E-state index in [1.165, 1.54) is 6.07 Å². The standard InChI is InChI=1S/C19H23N3O4S/c1-2-20-10-14-5-3-4-6-18(14)22-19(23)11-21-27(24,25)17-8-7-15-12-26-13-16(15)9-17/h3-9,20-21H,2,10-13H2,1H3,(H,22,23). The number of hydrogen-bond donors (Lipinski definition) is 3. The molecule has 0 spiro atoms. The zero-order chi connectivity index (χ0) is 19.3. The van der Waals surface area contributed by atoms with Crippen LogP contribution in [0.3, 0.4) is 0 Å². The average Bonchev–Trinajstić information content (AvgIpc) is 3.14. The van der Waals surface area contributed by atoms with E-state index in [0.717, 1.165) is 23.2 Å². The third-order valence-electron chi connectivity index (χ3n) is 4.28. The number of carbonyl (C=O) groups excluding carboxylic acids is 1. The quantitative estimate of drug-likeness (QED) is 0.639. The highest BCUT2D eigenvalue weighted by atomic mass is 32.2. The van der Waals surface area contributed by atoms with Gasteiger partial charge in [-0.3, -0.25) is 4.79 Å². The molecule has 1 aliphatic rings. The predicted molar refractivity (Wildman–Crippen MR) is 103 cm³/mol. The summed E-state index contributed by atoms with van der Waals surface area (Å²) in [7, 11) is -3.77. The summed E-state index contributed by atoms with van der Waals surface area (Å²) in [4.78, 5) is 12.4. The first-order valence-corrected chi connectivity index (χ1v) is 10.3. The summed E-state index contributed by atoms with van der Waals surface area (Å²) in [6.07, 6.45) is 0. The summed E-state index contributed by atoms with van der Waals surface area (Å²) in [5, 5.41) is 5.96. The van der Waals surface area contributed by atoms with Gasteiger partial charge in [-0.25, -0.2) is 13.1 Å². The Hall–Kier alpha value is -2.26. The van der Waals surface area contributed by atoms with Gasteiger partial charge < -0.3 is 15.4 Å². The van der Waals surface area contributed by atoms with E-state index < -0.39 is 15.9 Å². The molecule has 1 amide bonds. The van der Waals surface area contributed by atoms with Crippen LogP contribution in [0.5, 0.6) is 0 Å². The summed E-state index contributed by atoms with van der Waals surface area (Å²) in [5.74, 6) is -0.424. The number of sulfonamides is 1. The molecule has 27 heavy (non-hydrogen) atoms. The minimum absolute atomic E-state index is 0.132. The number of para-hydroxylation sites is 1. The second kappa shape index (κ2) is 8.62. The third kappa shape index (κ3) is 4.92. The molecule has 3 N–H and O–H groups in total. The molecule has 0 aliphatic carbocycles. The molecular weight excluding hydrogens is 366 g/mol. The van der Waals surface area contributed by atoms with Gasteiger partial charge in [-0.2, -0.15) is 0 Å². The van der Waals surface area contributed by atoms with E-state index in [1.54, 1.807) is 18.2 Å². The maximum absolute atomic E-state index is 12.5. The number of hydrogen-bond acceptors (Lipinski definition) is 5. The lowest BCUT2D eigenvalue weighted by atomic mass is 10.1. The normalized spacial score (nSPS) is 13.4. The zero-order valence-corrected chi connectivity index (χ0v) is 15.9. The first kappa shape index (κ1) is 19.5. The Labute approximate surface area is 159 Å². The maximum atomic E-state index is 12.5. The predicted octanol–water partition coefficient (Wildman–Crippen LogP) is 1.74. The third-order valence-corrected chi connectivity index (χ3v) is 5.68. The fourth-order valence-corrected chi connectivity index (χ4v) is 3.84. The molecule has 1 heterocycles. The van der Waals surface area contributed by atoms with E-state index in [0.29, 0.717) is 25.4 Å². The van der Waals surface area contributed by atoms with E-state index >= 15 is 0 Å². The summed E-state index contributed by atoms with van der Waals surface area (Å²) in [5.41, 5.74) is 3.45. The number of nitrogens with one attached hydrogen (secondary N) is 3. The van der Waals surface area contributed by atoms with Gasteiger partial charge in [-0.1, -0.05) is 31.2 Å². The average molecular weight is 389 g/mol. The van der Waals surface area contributed by atoms with E-state index in [-0.39, 0.29) is 11.4 Å². The number of fused-ring (bicyclic) bond motifs is 1. The molecule has 0 atom stereocenters. The molecule has 7 nitrogen and oxygen atoms in total. The van der Waals surface area contributed by atoms with Crippen LogP contribution < -0.4 is 15.4 Å². The van der Waals surface area contributed by atoms with Crippen LogP contribution in [0.15, 0.2) is 47.4 Å². The van der Waals surface area contributed by atoms with Crippen molar-refractivity contribution in [1.29, 1.82) is 0 Å². The number of ether oxygens (including phenoxy) is 1. The Morgan fingerprint density at radius 3 is 2.70 bits per heavy atom. The van der Waals surface area contributed by atoms with E-state index in [2.05, 4.69) is 15.4 Å². The lowest BCUT2D eigenvalue weighted by Gasteiger charge is -2.12. The van der Waals surface area contributed by atoms with Crippen molar-refractivity contribution in [2.45, 2.75) is 31.6 Å². The number of benzene rings is 2. The van der Waals surface area contributed by atoms with Crippen molar-refractivity contribution >= 4 is 21.6 Å². The van der Waals surface area contributed by atoms with Gasteiger partial charge in [0.25, 0.3) is 0 Å². The van der Waals surface area contributed by atoms with Crippen molar-refractivity contribution in [3.8, 4) is 0 Å². The zero-order valence-electron chi connectivity index (χ0n) is 15.1. The van der Waals surface area contributed by atoms with Crippen molar-refractivity contribution < 1.29 is 17.9 Å². The van der Waals surface area contributed by atoms with Crippen LogP contribution in [-0.2, 0) is 39.3 Å². The van der Waals surface area contributed by atoms with Crippen molar-refractivity contribution in [1.82, 2.24) is 10.0 Å². The lowest BCUT2D eigenvalue weighted by molar-refractivity contribution is -0.115. The first-order valence-electron chi connectivity index (χ1n) is 8.77. The molecule has 144 valence electrons. The Bertz CT molecular complexity index is 928. The van der Waals surface area contributed by atoms with Crippen LogP contribution >= 0.6 is 0 Å². The Morgan fingerprint density at radius 1 is 1.11 bits per heavy atom. The minimum Gasteiger partial charge on any atom is -0.372 e. The summed E-state index contributed by atoms with van der Waals surface area (Å²) in [6.45, 7) is 4.00. The molecule has 2 aromatic rings. The largest absolute Gasteiger partial charge is 0.372 e. The SMILES string of the molecule is CCNCc1ccccc1NC(=O)CNS(=O)(=O)c1ccc2c(c1)COC2. The van der Waals surface area contributed by atoms with Crippen molar-refractivity contribution in [3.63, 3.8) is 0 Å². The smallest absolute Gasteiger partial charge is 0.241 e. The Kier molecular flexibility index (Phi) is 6.22. The molecule has 1 aliphatic heterocycles. The molecule has 0 aromatic heterocycles. The highest BCUT2D eigenvalue weighted by Crippen LogP contribution is 2.23.